The minimum atomic E-state index is -0.332. The molecule has 3 heterocycles. The van der Waals surface area contributed by atoms with Crippen molar-refractivity contribution in [1.29, 1.82) is 0 Å². The molecule has 7 nitrogen and oxygen atoms in total. The second-order valence-corrected chi connectivity index (χ2v) is 6.13. The highest BCUT2D eigenvalue weighted by Gasteiger charge is 2.22. The van der Waals surface area contributed by atoms with Gasteiger partial charge in [0, 0.05) is 42.9 Å². The molecule has 2 aromatic rings. The van der Waals surface area contributed by atoms with Crippen molar-refractivity contribution in [2.45, 2.75) is 26.0 Å². The highest BCUT2D eigenvalue weighted by Crippen LogP contribution is 2.29. The number of aromatic nitrogens is 2. The zero-order valence-electron chi connectivity index (χ0n) is 13.7. The van der Waals surface area contributed by atoms with Gasteiger partial charge >= 0.3 is 0 Å². The molecule has 2 aliphatic heterocycles. The van der Waals surface area contributed by atoms with Gasteiger partial charge in [0.15, 0.2) is 12.5 Å². The molecule has 3 N–H and O–H groups in total. The third-order valence-electron chi connectivity index (χ3n) is 4.45. The van der Waals surface area contributed by atoms with Crippen LogP contribution in [-0.4, -0.2) is 36.0 Å². The highest BCUT2D eigenvalue weighted by molar-refractivity contribution is 5.94. The minimum Gasteiger partial charge on any atom is -0.467 e. The van der Waals surface area contributed by atoms with Crippen molar-refractivity contribution in [3.8, 4) is 5.75 Å². The predicted octanol–water partition coefficient (Wildman–Crippen LogP) is 1.03. The van der Waals surface area contributed by atoms with Crippen molar-refractivity contribution in [3.63, 3.8) is 0 Å². The van der Waals surface area contributed by atoms with Gasteiger partial charge in [0.25, 0.3) is 5.91 Å². The summed E-state index contributed by atoms with van der Waals surface area (Å²) in [6, 6.07) is 2.86. The number of carbonyl (C=O) groups is 1. The summed E-state index contributed by atoms with van der Waals surface area (Å²) in [5, 5.41) is 13.1. The summed E-state index contributed by atoms with van der Waals surface area (Å²) in [7, 11) is 0. The van der Waals surface area contributed by atoms with Crippen LogP contribution in [0, 0.1) is 5.82 Å². The van der Waals surface area contributed by atoms with Gasteiger partial charge in [0.05, 0.1) is 6.61 Å². The molecule has 0 aliphatic carbocycles. The SMILES string of the molecule is O=C(NCCc1cc(F)cc2c1OCOC2)c1n[nH]c2c1CNCC2. The van der Waals surface area contributed by atoms with Gasteiger partial charge in [-0.3, -0.25) is 9.89 Å². The third kappa shape index (κ3) is 3.22. The maximum absolute atomic E-state index is 13.7. The van der Waals surface area contributed by atoms with Gasteiger partial charge in [-0.15, -0.1) is 0 Å². The molecular weight excluding hydrogens is 327 g/mol. The number of rotatable bonds is 4. The molecule has 4 rings (SSSR count). The fourth-order valence-corrected chi connectivity index (χ4v) is 3.25. The van der Waals surface area contributed by atoms with Gasteiger partial charge in [-0.25, -0.2) is 4.39 Å². The molecule has 132 valence electrons. The van der Waals surface area contributed by atoms with E-state index in [-0.39, 0.29) is 18.5 Å². The van der Waals surface area contributed by atoms with E-state index in [1.54, 1.807) is 0 Å². The lowest BCUT2D eigenvalue weighted by molar-refractivity contribution is -0.0172. The normalized spacial score (nSPS) is 15.9. The van der Waals surface area contributed by atoms with Crippen molar-refractivity contribution in [1.82, 2.24) is 20.8 Å². The largest absolute Gasteiger partial charge is 0.467 e. The Morgan fingerprint density at radius 2 is 2.32 bits per heavy atom. The first kappa shape index (κ1) is 16.0. The second-order valence-electron chi connectivity index (χ2n) is 6.13. The summed E-state index contributed by atoms with van der Waals surface area (Å²) >= 11 is 0. The predicted molar refractivity (Wildman–Crippen MR) is 86.7 cm³/mol. The van der Waals surface area contributed by atoms with Gasteiger partial charge in [-0.1, -0.05) is 0 Å². The molecule has 0 saturated heterocycles. The number of ether oxygens (including phenoxy) is 2. The number of hydrogen-bond donors (Lipinski definition) is 3. The molecule has 0 spiro atoms. The lowest BCUT2D eigenvalue weighted by Gasteiger charge is -2.21. The standard InChI is InChI=1S/C17H19FN4O3/c18-12-5-10(16-11(6-12)8-24-9-25-16)1-4-20-17(23)15-13-7-19-3-2-14(13)21-22-15/h5-6,19H,1-4,7-9H2,(H,20,23)(H,21,22). The molecule has 0 atom stereocenters. The van der Waals surface area contributed by atoms with E-state index in [1.807, 2.05) is 0 Å². The number of fused-ring (bicyclic) bond motifs is 2. The summed E-state index contributed by atoms with van der Waals surface area (Å²) in [5.41, 5.74) is 3.78. The summed E-state index contributed by atoms with van der Waals surface area (Å²) in [6.45, 7) is 2.38. The molecule has 1 aromatic carbocycles. The number of carbonyl (C=O) groups excluding carboxylic acids is 1. The van der Waals surface area contributed by atoms with Crippen LogP contribution in [0.2, 0.25) is 0 Å². The smallest absolute Gasteiger partial charge is 0.272 e. The van der Waals surface area contributed by atoms with E-state index in [9.17, 15) is 9.18 Å². The molecule has 0 unspecified atom stereocenters. The number of nitrogens with one attached hydrogen (secondary N) is 3. The molecule has 2 aliphatic rings. The number of hydrogen-bond acceptors (Lipinski definition) is 5. The summed E-state index contributed by atoms with van der Waals surface area (Å²) < 4.78 is 24.4. The lowest BCUT2D eigenvalue weighted by Crippen LogP contribution is -2.29. The van der Waals surface area contributed by atoms with Crippen LogP contribution in [0.3, 0.4) is 0 Å². The Labute approximate surface area is 143 Å². The quantitative estimate of drug-likeness (QED) is 0.770. The molecule has 1 amide bonds. The van der Waals surface area contributed by atoms with E-state index < -0.39 is 0 Å². The Hall–Kier alpha value is -2.45. The molecule has 25 heavy (non-hydrogen) atoms. The molecule has 1 aromatic heterocycles. The van der Waals surface area contributed by atoms with Crippen molar-refractivity contribution in [2.24, 2.45) is 0 Å². The Balaban J connectivity index is 1.42. The average Bonchev–Trinajstić information content (AvgIpc) is 3.05. The van der Waals surface area contributed by atoms with E-state index in [0.29, 0.717) is 43.1 Å². The fourth-order valence-electron chi connectivity index (χ4n) is 3.25. The van der Waals surface area contributed by atoms with Crippen LogP contribution in [0.15, 0.2) is 12.1 Å². The zero-order valence-corrected chi connectivity index (χ0v) is 13.7. The minimum absolute atomic E-state index is 0.157. The second kappa shape index (κ2) is 6.81. The van der Waals surface area contributed by atoms with Crippen LogP contribution in [0.1, 0.15) is 32.9 Å². The van der Waals surface area contributed by atoms with Crippen LogP contribution >= 0.6 is 0 Å². The molecule has 0 bridgehead atoms. The average molecular weight is 346 g/mol. The summed E-state index contributed by atoms with van der Waals surface area (Å²) in [6.07, 6.45) is 1.31. The van der Waals surface area contributed by atoms with Crippen molar-refractivity contribution in [3.05, 3.63) is 46.0 Å². The third-order valence-corrected chi connectivity index (χ3v) is 4.45. The zero-order chi connectivity index (χ0) is 17.2. The fraction of sp³-hybridized carbons (Fsp3) is 0.412. The van der Waals surface area contributed by atoms with Crippen LogP contribution in [0.5, 0.6) is 5.75 Å². The number of H-pyrrole nitrogens is 1. The first-order valence-corrected chi connectivity index (χ1v) is 8.29. The number of nitrogens with zero attached hydrogens (tertiary/aromatic N) is 1. The molecule has 8 heteroatoms. The molecular formula is C17H19FN4O3. The Morgan fingerprint density at radius 3 is 3.24 bits per heavy atom. The first-order chi connectivity index (χ1) is 12.2. The van der Waals surface area contributed by atoms with Gasteiger partial charge in [0.2, 0.25) is 0 Å². The lowest BCUT2D eigenvalue weighted by atomic mass is 10.0. The van der Waals surface area contributed by atoms with Crippen molar-refractivity contribution in [2.75, 3.05) is 19.9 Å². The molecule has 0 radical (unpaired) electrons. The summed E-state index contributed by atoms with van der Waals surface area (Å²) in [5.74, 6) is 0.0978. The number of aromatic amines is 1. The van der Waals surface area contributed by atoms with E-state index in [1.165, 1.54) is 12.1 Å². The summed E-state index contributed by atoms with van der Waals surface area (Å²) in [4.78, 5) is 12.4. The van der Waals surface area contributed by atoms with Gasteiger partial charge < -0.3 is 20.1 Å². The van der Waals surface area contributed by atoms with E-state index in [4.69, 9.17) is 9.47 Å². The van der Waals surface area contributed by atoms with Crippen LogP contribution < -0.4 is 15.4 Å². The number of amides is 1. The number of benzene rings is 1. The van der Waals surface area contributed by atoms with E-state index >= 15 is 0 Å². The Kier molecular flexibility index (Phi) is 4.37. The van der Waals surface area contributed by atoms with Gasteiger partial charge in [0.1, 0.15) is 11.6 Å². The maximum atomic E-state index is 13.7. The molecule has 0 saturated carbocycles. The highest BCUT2D eigenvalue weighted by atomic mass is 19.1. The topological polar surface area (TPSA) is 88.3 Å². The van der Waals surface area contributed by atoms with Crippen molar-refractivity contribution >= 4 is 5.91 Å². The van der Waals surface area contributed by atoms with E-state index in [0.717, 1.165) is 29.8 Å². The van der Waals surface area contributed by atoms with Crippen LogP contribution in [0.4, 0.5) is 4.39 Å². The maximum Gasteiger partial charge on any atom is 0.272 e. The number of halogens is 1. The van der Waals surface area contributed by atoms with E-state index in [2.05, 4.69) is 20.8 Å². The van der Waals surface area contributed by atoms with Crippen LogP contribution in [0.25, 0.3) is 0 Å². The Morgan fingerprint density at radius 1 is 1.40 bits per heavy atom. The van der Waals surface area contributed by atoms with Gasteiger partial charge in [-0.05, 0) is 24.1 Å². The van der Waals surface area contributed by atoms with Crippen molar-refractivity contribution < 1.29 is 18.7 Å². The Bertz CT molecular complexity index is 805. The first-order valence-electron chi connectivity index (χ1n) is 8.29. The molecule has 0 fully saturated rings. The van der Waals surface area contributed by atoms with Crippen LogP contribution in [-0.2, 0) is 30.7 Å². The monoisotopic (exact) mass is 346 g/mol. The van der Waals surface area contributed by atoms with Gasteiger partial charge in [-0.2, -0.15) is 5.10 Å².